The molecule has 7 nitrogen and oxygen atoms in total. The summed E-state index contributed by atoms with van der Waals surface area (Å²) in [7, 11) is 2.05. The molecule has 1 aromatic rings. The zero-order chi connectivity index (χ0) is 14.0. The van der Waals surface area contributed by atoms with Gasteiger partial charge in [0.25, 0.3) is 5.69 Å². The van der Waals surface area contributed by atoms with Gasteiger partial charge in [-0.1, -0.05) is 0 Å². The second-order valence-electron chi connectivity index (χ2n) is 4.60. The molecule has 0 spiro atoms. The van der Waals surface area contributed by atoms with Gasteiger partial charge in [0.1, 0.15) is 12.0 Å². The van der Waals surface area contributed by atoms with Crippen molar-refractivity contribution in [1.82, 2.24) is 9.88 Å². The van der Waals surface area contributed by atoms with E-state index in [1.165, 1.54) is 12.3 Å². The molecular formula is C11H16BrN5O2. The van der Waals surface area contributed by atoms with Gasteiger partial charge in [0, 0.05) is 32.2 Å². The van der Waals surface area contributed by atoms with E-state index in [4.69, 9.17) is 5.73 Å². The number of anilines is 1. The molecule has 0 bridgehead atoms. The number of hydrogen-bond donors (Lipinski definition) is 1. The first-order valence-corrected chi connectivity index (χ1v) is 6.77. The summed E-state index contributed by atoms with van der Waals surface area (Å²) in [5.74, 6) is 0.717. The molecule has 19 heavy (non-hydrogen) atoms. The number of nitrogens with two attached hydrogens (primary N) is 1. The normalized spacial score (nSPS) is 20.6. The second kappa shape index (κ2) is 5.81. The van der Waals surface area contributed by atoms with Gasteiger partial charge in [-0.3, -0.25) is 10.1 Å². The third kappa shape index (κ3) is 3.02. The van der Waals surface area contributed by atoms with Crippen LogP contribution in [0, 0.1) is 10.1 Å². The monoisotopic (exact) mass is 329 g/mol. The Labute approximate surface area is 119 Å². The van der Waals surface area contributed by atoms with Gasteiger partial charge < -0.3 is 15.5 Å². The van der Waals surface area contributed by atoms with Crippen molar-refractivity contribution >= 4 is 27.4 Å². The lowest BCUT2D eigenvalue weighted by atomic mass is 10.1. The maximum Gasteiger partial charge on any atom is 0.288 e. The van der Waals surface area contributed by atoms with E-state index in [9.17, 15) is 10.1 Å². The van der Waals surface area contributed by atoms with Gasteiger partial charge in [0.15, 0.2) is 0 Å². The van der Waals surface area contributed by atoms with E-state index in [1.54, 1.807) is 0 Å². The number of hydrogen-bond acceptors (Lipinski definition) is 6. The molecule has 1 aliphatic heterocycles. The van der Waals surface area contributed by atoms with Crippen LogP contribution in [0.4, 0.5) is 11.5 Å². The van der Waals surface area contributed by atoms with Crippen molar-refractivity contribution in [3.63, 3.8) is 0 Å². The molecule has 1 aliphatic rings. The van der Waals surface area contributed by atoms with Crippen LogP contribution in [0.15, 0.2) is 16.7 Å². The predicted molar refractivity (Wildman–Crippen MR) is 76.3 cm³/mol. The highest BCUT2D eigenvalue weighted by Gasteiger charge is 2.27. The number of halogens is 1. The van der Waals surface area contributed by atoms with Crippen molar-refractivity contribution in [2.24, 2.45) is 5.73 Å². The van der Waals surface area contributed by atoms with Gasteiger partial charge >= 0.3 is 0 Å². The zero-order valence-electron chi connectivity index (χ0n) is 10.6. The van der Waals surface area contributed by atoms with E-state index in [2.05, 4.69) is 37.8 Å². The molecule has 0 saturated carbocycles. The molecule has 2 N–H and O–H groups in total. The molecule has 0 radical (unpaired) electrons. The van der Waals surface area contributed by atoms with Crippen LogP contribution in [0.1, 0.15) is 0 Å². The van der Waals surface area contributed by atoms with Gasteiger partial charge in [-0.15, -0.1) is 0 Å². The van der Waals surface area contributed by atoms with Crippen LogP contribution in [0.5, 0.6) is 0 Å². The van der Waals surface area contributed by atoms with Crippen molar-refractivity contribution < 1.29 is 4.92 Å². The Morgan fingerprint density at radius 2 is 2.37 bits per heavy atom. The van der Waals surface area contributed by atoms with Crippen LogP contribution in [-0.4, -0.2) is 54.1 Å². The molecule has 0 aromatic carbocycles. The molecule has 1 saturated heterocycles. The Hall–Kier alpha value is -1.25. The molecule has 1 fully saturated rings. The molecular weight excluding hydrogens is 314 g/mol. The molecule has 1 atom stereocenters. The van der Waals surface area contributed by atoms with E-state index in [0.29, 0.717) is 16.8 Å². The van der Waals surface area contributed by atoms with E-state index in [1.807, 2.05) is 0 Å². The Morgan fingerprint density at radius 1 is 1.63 bits per heavy atom. The summed E-state index contributed by atoms with van der Waals surface area (Å²) in [6, 6.07) is 1.65. The third-order valence-electron chi connectivity index (χ3n) is 3.25. The summed E-state index contributed by atoms with van der Waals surface area (Å²) in [4.78, 5) is 18.8. The first-order valence-electron chi connectivity index (χ1n) is 5.98. The number of piperazine rings is 1. The largest absolute Gasteiger partial charge is 0.349 e. The van der Waals surface area contributed by atoms with Gasteiger partial charge in [0.05, 0.1) is 15.4 Å². The molecule has 1 aromatic heterocycles. The smallest absolute Gasteiger partial charge is 0.288 e. The molecule has 0 aliphatic carbocycles. The van der Waals surface area contributed by atoms with Crippen LogP contribution in [0.3, 0.4) is 0 Å². The predicted octanol–water partition coefficient (Wildman–Crippen LogP) is 0.831. The minimum atomic E-state index is -0.452. The Morgan fingerprint density at radius 3 is 2.95 bits per heavy atom. The summed E-state index contributed by atoms with van der Waals surface area (Å²) < 4.78 is 0.629. The van der Waals surface area contributed by atoms with Crippen LogP contribution in [-0.2, 0) is 0 Å². The molecule has 104 valence electrons. The lowest BCUT2D eigenvalue weighted by Gasteiger charge is -2.40. The fraction of sp³-hybridized carbons (Fsp3) is 0.545. The number of nitro groups is 1. The highest BCUT2D eigenvalue weighted by Crippen LogP contribution is 2.29. The molecule has 2 heterocycles. The van der Waals surface area contributed by atoms with Crippen molar-refractivity contribution in [2.75, 3.05) is 38.1 Å². The van der Waals surface area contributed by atoms with E-state index in [-0.39, 0.29) is 11.7 Å². The maximum atomic E-state index is 10.7. The van der Waals surface area contributed by atoms with Crippen molar-refractivity contribution in [3.8, 4) is 0 Å². The fourth-order valence-corrected chi connectivity index (χ4v) is 2.79. The Kier molecular flexibility index (Phi) is 4.33. The standard InChI is InChI=1S/C11H16BrN5O2/c1-15-2-3-16(9(5-13)7-15)11-10(12)4-8(6-14-11)17(18)19/h4,6,9H,2-3,5,7,13H2,1H3. The average Bonchev–Trinajstić information content (AvgIpc) is 2.38. The Bertz CT molecular complexity index is 484. The summed E-state index contributed by atoms with van der Waals surface area (Å²) in [5, 5.41) is 10.7. The lowest BCUT2D eigenvalue weighted by molar-refractivity contribution is -0.385. The second-order valence-corrected chi connectivity index (χ2v) is 5.46. The number of pyridine rings is 1. The maximum absolute atomic E-state index is 10.7. The van der Waals surface area contributed by atoms with E-state index >= 15 is 0 Å². The van der Waals surface area contributed by atoms with Crippen LogP contribution < -0.4 is 10.6 Å². The minimum Gasteiger partial charge on any atom is -0.349 e. The lowest BCUT2D eigenvalue weighted by Crippen LogP contribution is -2.55. The van der Waals surface area contributed by atoms with E-state index in [0.717, 1.165) is 19.6 Å². The van der Waals surface area contributed by atoms with Gasteiger partial charge in [-0.2, -0.15) is 0 Å². The molecule has 1 unspecified atom stereocenters. The average molecular weight is 330 g/mol. The van der Waals surface area contributed by atoms with Crippen molar-refractivity contribution in [2.45, 2.75) is 6.04 Å². The van der Waals surface area contributed by atoms with Gasteiger partial charge in [-0.05, 0) is 23.0 Å². The summed E-state index contributed by atoms with van der Waals surface area (Å²) in [5.41, 5.74) is 5.78. The number of nitrogens with zero attached hydrogens (tertiary/aromatic N) is 4. The first-order chi connectivity index (χ1) is 9.02. The van der Waals surface area contributed by atoms with Crippen LogP contribution in [0.2, 0.25) is 0 Å². The molecule has 0 amide bonds. The van der Waals surface area contributed by atoms with Gasteiger partial charge in [0.2, 0.25) is 0 Å². The quantitative estimate of drug-likeness (QED) is 0.652. The number of likely N-dealkylation sites (N-methyl/N-ethyl adjacent to an activating group) is 1. The molecule has 2 rings (SSSR count). The topological polar surface area (TPSA) is 88.5 Å². The van der Waals surface area contributed by atoms with Crippen LogP contribution >= 0.6 is 15.9 Å². The van der Waals surface area contributed by atoms with Crippen LogP contribution in [0.25, 0.3) is 0 Å². The van der Waals surface area contributed by atoms with E-state index < -0.39 is 4.92 Å². The highest BCUT2D eigenvalue weighted by atomic mass is 79.9. The van der Waals surface area contributed by atoms with Gasteiger partial charge in [-0.25, -0.2) is 4.98 Å². The third-order valence-corrected chi connectivity index (χ3v) is 3.83. The Balaban J connectivity index is 2.28. The summed E-state index contributed by atoms with van der Waals surface area (Å²) in [6.45, 7) is 3.11. The number of aromatic nitrogens is 1. The highest BCUT2D eigenvalue weighted by molar-refractivity contribution is 9.10. The zero-order valence-corrected chi connectivity index (χ0v) is 12.2. The summed E-state index contributed by atoms with van der Waals surface area (Å²) >= 11 is 3.36. The number of rotatable bonds is 3. The summed E-state index contributed by atoms with van der Waals surface area (Å²) in [6.07, 6.45) is 1.28. The van der Waals surface area contributed by atoms with Crippen molar-refractivity contribution in [1.29, 1.82) is 0 Å². The fourth-order valence-electron chi connectivity index (χ4n) is 2.22. The molecule has 8 heteroatoms. The SMILES string of the molecule is CN1CCN(c2ncc([N+](=O)[O-])cc2Br)C(CN)C1. The first kappa shape index (κ1) is 14.2. The van der Waals surface area contributed by atoms with Crippen molar-refractivity contribution in [3.05, 3.63) is 26.9 Å². The minimum absolute atomic E-state index is 0.0194.